The summed E-state index contributed by atoms with van der Waals surface area (Å²) < 4.78 is 6.57. The van der Waals surface area contributed by atoms with Crippen molar-refractivity contribution >= 4 is 33.1 Å². The zero-order valence-electron chi connectivity index (χ0n) is 12.5. The highest BCUT2D eigenvalue weighted by Gasteiger charge is 2.08. The van der Waals surface area contributed by atoms with Crippen LogP contribution in [0.15, 0.2) is 46.8 Å². The number of methoxy groups -OCH3 is 1. The number of carbonyl (C=O) groups is 1. The van der Waals surface area contributed by atoms with Gasteiger partial charge in [0.15, 0.2) is 0 Å². The van der Waals surface area contributed by atoms with Gasteiger partial charge in [-0.1, -0.05) is 6.07 Å². The van der Waals surface area contributed by atoms with Crippen molar-refractivity contribution < 1.29 is 9.53 Å². The molecule has 0 fully saturated rings. The first-order chi connectivity index (χ1) is 11.2. The standard InChI is InChI=1S/C16H15N3O3S/c1-22-12-4-2-3-11(9-12)18-14(20)5-7-19-10-17-15-13(16(19)21)6-8-23-15/h2-4,6,8-10H,5,7H2,1H3,(H,18,20). The summed E-state index contributed by atoms with van der Waals surface area (Å²) in [5.41, 5.74) is 0.540. The van der Waals surface area contributed by atoms with E-state index >= 15 is 0 Å². The third kappa shape index (κ3) is 3.40. The van der Waals surface area contributed by atoms with Crippen LogP contribution < -0.4 is 15.6 Å². The van der Waals surface area contributed by atoms with Crippen LogP contribution in [-0.2, 0) is 11.3 Å². The van der Waals surface area contributed by atoms with E-state index in [2.05, 4.69) is 10.3 Å². The summed E-state index contributed by atoms with van der Waals surface area (Å²) in [6.07, 6.45) is 1.68. The van der Waals surface area contributed by atoms with E-state index in [0.717, 1.165) is 0 Å². The lowest BCUT2D eigenvalue weighted by atomic mass is 10.3. The molecule has 0 bridgehead atoms. The van der Waals surface area contributed by atoms with Crippen LogP contribution in [0.1, 0.15) is 6.42 Å². The topological polar surface area (TPSA) is 73.2 Å². The summed E-state index contributed by atoms with van der Waals surface area (Å²) in [5.74, 6) is 0.502. The Labute approximate surface area is 136 Å². The Bertz CT molecular complexity index is 901. The van der Waals surface area contributed by atoms with E-state index in [1.165, 1.54) is 22.2 Å². The molecule has 0 aliphatic rings. The van der Waals surface area contributed by atoms with Gasteiger partial charge in [-0.2, -0.15) is 0 Å². The summed E-state index contributed by atoms with van der Waals surface area (Å²) in [6.45, 7) is 0.285. The Morgan fingerprint density at radius 2 is 2.26 bits per heavy atom. The second kappa shape index (κ2) is 6.62. The van der Waals surface area contributed by atoms with Gasteiger partial charge in [0.1, 0.15) is 10.6 Å². The molecule has 2 aromatic heterocycles. The minimum atomic E-state index is -0.171. The molecule has 0 spiro atoms. The number of nitrogens with zero attached hydrogens (tertiary/aromatic N) is 2. The molecule has 0 saturated carbocycles. The molecule has 0 saturated heterocycles. The molecule has 0 radical (unpaired) electrons. The lowest BCUT2D eigenvalue weighted by Crippen LogP contribution is -2.23. The lowest BCUT2D eigenvalue weighted by Gasteiger charge is -2.08. The van der Waals surface area contributed by atoms with E-state index in [9.17, 15) is 9.59 Å². The minimum Gasteiger partial charge on any atom is -0.497 e. The van der Waals surface area contributed by atoms with Crippen LogP contribution in [0.5, 0.6) is 5.75 Å². The molecule has 3 rings (SSSR count). The summed E-state index contributed by atoms with van der Waals surface area (Å²) >= 11 is 1.42. The minimum absolute atomic E-state index is 0.120. The zero-order valence-corrected chi connectivity index (χ0v) is 13.3. The largest absolute Gasteiger partial charge is 0.497 e. The normalized spacial score (nSPS) is 10.7. The highest BCUT2D eigenvalue weighted by molar-refractivity contribution is 7.16. The summed E-state index contributed by atoms with van der Waals surface area (Å²) in [6, 6.07) is 8.88. The van der Waals surface area contributed by atoms with Gasteiger partial charge in [-0.05, 0) is 23.6 Å². The summed E-state index contributed by atoms with van der Waals surface area (Å²) in [5, 5.41) is 5.21. The fraction of sp³-hybridized carbons (Fsp3) is 0.188. The van der Waals surface area contributed by atoms with Crippen LogP contribution in [-0.4, -0.2) is 22.6 Å². The molecule has 0 aliphatic carbocycles. The molecule has 1 amide bonds. The van der Waals surface area contributed by atoms with Crippen molar-refractivity contribution in [1.82, 2.24) is 9.55 Å². The monoisotopic (exact) mass is 329 g/mol. The van der Waals surface area contributed by atoms with E-state index < -0.39 is 0 Å². The number of hydrogen-bond acceptors (Lipinski definition) is 5. The van der Waals surface area contributed by atoms with Crippen LogP contribution in [0.4, 0.5) is 5.69 Å². The van der Waals surface area contributed by atoms with Gasteiger partial charge in [0.25, 0.3) is 5.56 Å². The Morgan fingerprint density at radius 3 is 3.09 bits per heavy atom. The van der Waals surface area contributed by atoms with E-state index in [1.54, 1.807) is 37.4 Å². The van der Waals surface area contributed by atoms with Gasteiger partial charge < -0.3 is 10.1 Å². The van der Waals surface area contributed by atoms with Gasteiger partial charge in [-0.3, -0.25) is 14.2 Å². The number of nitrogens with one attached hydrogen (secondary N) is 1. The van der Waals surface area contributed by atoms with Crippen molar-refractivity contribution in [2.75, 3.05) is 12.4 Å². The van der Waals surface area contributed by atoms with E-state index in [0.29, 0.717) is 21.7 Å². The molecule has 23 heavy (non-hydrogen) atoms. The molecular formula is C16H15N3O3S. The lowest BCUT2D eigenvalue weighted by molar-refractivity contribution is -0.116. The summed E-state index contributed by atoms with van der Waals surface area (Å²) in [4.78, 5) is 29.2. The first-order valence-electron chi connectivity index (χ1n) is 7.04. The Kier molecular flexibility index (Phi) is 4.38. The maximum absolute atomic E-state index is 12.2. The van der Waals surface area contributed by atoms with Gasteiger partial charge >= 0.3 is 0 Å². The average molecular weight is 329 g/mol. The zero-order chi connectivity index (χ0) is 16.2. The molecule has 2 heterocycles. The molecule has 0 unspecified atom stereocenters. The second-order valence-corrected chi connectivity index (χ2v) is 5.81. The van der Waals surface area contributed by atoms with E-state index in [1.807, 2.05) is 5.38 Å². The van der Waals surface area contributed by atoms with Crippen LogP contribution in [0.3, 0.4) is 0 Å². The number of ether oxygens (including phenoxy) is 1. The SMILES string of the molecule is COc1cccc(NC(=O)CCn2cnc3sccc3c2=O)c1. The molecule has 6 nitrogen and oxygen atoms in total. The molecule has 7 heteroatoms. The van der Waals surface area contributed by atoms with Gasteiger partial charge in [0, 0.05) is 24.7 Å². The number of aromatic nitrogens is 2. The van der Waals surface area contributed by atoms with Crippen LogP contribution >= 0.6 is 11.3 Å². The molecule has 0 atom stereocenters. The number of aryl methyl sites for hydroxylation is 1. The number of hydrogen-bond donors (Lipinski definition) is 1. The van der Waals surface area contributed by atoms with E-state index in [4.69, 9.17) is 4.74 Å². The van der Waals surface area contributed by atoms with Gasteiger partial charge in [0.2, 0.25) is 5.91 Å². The third-order valence-electron chi connectivity index (χ3n) is 3.38. The first kappa shape index (κ1) is 15.2. The molecule has 3 aromatic rings. The predicted octanol–water partition coefficient (Wildman–Crippen LogP) is 2.50. The van der Waals surface area contributed by atoms with Gasteiger partial charge in [-0.25, -0.2) is 4.98 Å². The van der Waals surface area contributed by atoms with Crippen molar-refractivity contribution in [2.24, 2.45) is 0 Å². The van der Waals surface area contributed by atoms with Gasteiger partial charge in [0.05, 0.1) is 18.8 Å². The van der Waals surface area contributed by atoms with Crippen LogP contribution in [0.2, 0.25) is 0 Å². The Hall–Kier alpha value is -2.67. The van der Waals surface area contributed by atoms with Crippen molar-refractivity contribution in [3.8, 4) is 5.75 Å². The number of fused-ring (bicyclic) bond motifs is 1. The smallest absolute Gasteiger partial charge is 0.262 e. The fourth-order valence-electron chi connectivity index (χ4n) is 2.20. The molecule has 118 valence electrons. The highest BCUT2D eigenvalue weighted by Crippen LogP contribution is 2.17. The third-order valence-corrected chi connectivity index (χ3v) is 4.20. The maximum Gasteiger partial charge on any atom is 0.262 e. The number of carbonyl (C=O) groups excluding carboxylic acids is 1. The highest BCUT2D eigenvalue weighted by atomic mass is 32.1. The maximum atomic E-state index is 12.2. The molecule has 0 aliphatic heterocycles. The number of benzene rings is 1. The Morgan fingerprint density at radius 1 is 1.39 bits per heavy atom. The van der Waals surface area contributed by atoms with Crippen LogP contribution in [0, 0.1) is 0 Å². The number of thiophene rings is 1. The average Bonchev–Trinajstić information content (AvgIpc) is 3.04. The second-order valence-electron chi connectivity index (χ2n) is 4.91. The number of rotatable bonds is 5. The molecule has 1 N–H and O–H groups in total. The molecular weight excluding hydrogens is 314 g/mol. The van der Waals surface area contributed by atoms with Crippen molar-refractivity contribution in [2.45, 2.75) is 13.0 Å². The first-order valence-corrected chi connectivity index (χ1v) is 7.92. The predicted molar refractivity (Wildman–Crippen MR) is 90.1 cm³/mol. The van der Waals surface area contributed by atoms with Crippen molar-refractivity contribution in [3.05, 3.63) is 52.4 Å². The number of anilines is 1. The van der Waals surface area contributed by atoms with Crippen molar-refractivity contribution in [3.63, 3.8) is 0 Å². The summed E-state index contributed by atoms with van der Waals surface area (Å²) in [7, 11) is 1.57. The Balaban J connectivity index is 1.66. The molecule has 1 aromatic carbocycles. The van der Waals surface area contributed by atoms with Crippen LogP contribution in [0.25, 0.3) is 10.2 Å². The van der Waals surface area contributed by atoms with Gasteiger partial charge in [-0.15, -0.1) is 11.3 Å². The van der Waals surface area contributed by atoms with Crippen molar-refractivity contribution in [1.29, 1.82) is 0 Å². The quantitative estimate of drug-likeness (QED) is 0.780. The fourth-order valence-corrected chi connectivity index (χ4v) is 2.92. The van der Waals surface area contributed by atoms with E-state index in [-0.39, 0.29) is 24.4 Å². The number of amides is 1.